The van der Waals surface area contributed by atoms with Gasteiger partial charge < -0.3 is 5.11 Å². The molecule has 2 rings (SSSR count). The van der Waals surface area contributed by atoms with Gasteiger partial charge in [-0.3, -0.25) is 4.98 Å². The summed E-state index contributed by atoms with van der Waals surface area (Å²) in [4.78, 5) is 4.08. The van der Waals surface area contributed by atoms with Crippen molar-refractivity contribution in [3.63, 3.8) is 0 Å². The molecule has 15 heavy (non-hydrogen) atoms. The molecule has 78 valence electrons. The van der Waals surface area contributed by atoms with Gasteiger partial charge in [-0.1, -0.05) is 5.21 Å². The summed E-state index contributed by atoms with van der Waals surface area (Å²) in [5.74, 6) is 0. The Kier molecular flexibility index (Phi) is 2.47. The Hall–Kier alpha value is -1.75. The highest BCUT2D eigenvalue weighted by molar-refractivity contribution is 5.24. The minimum atomic E-state index is -0.702. The van der Waals surface area contributed by atoms with Crippen LogP contribution in [0.15, 0.2) is 24.5 Å². The average molecular weight is 204 g/mol. The normalized spacial score (nSPS) is 12.7. The molecule has 0 aliphatic carbocycles. The van der Waals surface area contributed by atoms with E-state index in [2.05, 4.69) is 15.3 Å². The van der Waals surface area contributed by atoms with Crippen LogP contribution < -0.4 is 0 Å². The third-order valence-corrected chi connectivity index (χ3v) is 2.27. The molecule has 2 heterocycles. The fraction of sp³-hybridized carbons (Fsp3) is 0.300. The van der Waals surface area contributed by atoms with Crippen molar-refractivity contribution in [3.05, 3.63) is 41.5 Å². The first-order chi connectivity index (χ1) is 7.18. The van der Waals surface area contributed by atoms with E-state index in [1.807, 2.05) is 13.0 Å². The first-order valence-corrected chi connectivity index (χ1v) is 4.63. The van der Waals surface area contributed by atoms with Crippen LogP contribution >= 0.6 is 0 Å². The molecule has 5 nitrogen and oxygen atoms in total. The van der Waals surface area contributed by atoms with Crippen LogP contribution in [0.3, 0.4) is 0 Å². The van der Waals surface area contributed by atoms with Gasteiger partial charge in [0.2, 0.25) is 0 Å². The van der Waals surface area contributed by atoms with E-state index in [-0.39, 0.29) is 0 Å². The standard InChI is InChI=1S/C10H12N4O/c1-7-5-8(3-4-11-7)10(15)9-6-12-13-14(9)2/h3-6,10,15H,1-2H3. The van der Waals surface area contributed by atoms with Gasteiger partial charge in [0.05, 0.1) is 11.9 Å². The van der Waals surface area contributed by atoms with Crippen LogP contribution in [-0.4, -0.2) is 25.1 Å². The molecule has 0 radical (unpaired) electrons. The lowest BCUT2D eigenvalue weighted by molar-refractivity contribution is 0.209. The van der Waals surface area contributed by atoms with Gasteiger partial charge in [-0.2, -0.15) is 0 Å². The summed E-state index contributed by atoms with van der Waals surface area (Å²) in [6.45, 7) is 1.89. The largest absolute Gasteiger partial charge is 0.382 e. The Morgan fingerprint density at radius 1 is 1.47 bits per heavy atom. The first-order valence-electron chi connectivity index (χ1n) is 4.63. The number of hydrogen-bond acceptors (Lipinski definition) is 4. The number of hydrogen-bond donors (Lipinski definition) is 1. The molecular formula is C10H12N4O. The van der Waals surface area contributed by atoms with Crippen molar-refractivity contribution in [2.24, 2.45) is 7.05 Å². The molecule has 0 aromatic carbocycles. The van der Waals surface area contributed by atoms with Gasteiger partial charge in [0.15, 0.2) is 0 Å². The smallest absolute Gasteiger partial charge is 0.122 e. The molecule has 0 spiro atoms. The van der Waals surface area contributed by atoms with Crippen LogP contribution in [0.5, 0.6) is 0 Å². The number of aliphatic hydroxyl groups is 1. The maximum absolute atomic E-state index is 10.1. The molecule has 1 N–H and O–H groups in total. The summed E-state index contributed by atoms with van der Waals surface area (Å²) in [5.41, 5.74) is 2.34. The highest BCUT2D eigenvalue weighted by atomic mass is 16.3. The summed E-state index contributed by atoms with van der Waals surface area (Å²) in [7, 11) is 1.75. The van der Waals surface area contributed by atoms with Crippen LogP contribution in [-0.2, 0) is 7.05 Å². The van der Waals surface area contributed by atoms with Crippen LogP contribution in [0.25, 0.3) is 0 Å². The highest BCUT2D eigenvalue weighted by Gasteiger charge is 2.14. The lowest BCUT2D eigenvalue weighted by atomic mass is 10.1. The molecule has 0 saturated heterocycles. The quantitative estimate of drug-likeness (QED) is 0.778. The topological polar surface area (TPSA) is 63.8 Å². The van der Waals surface area contributed by atoms with Gasteiger partial charge in [0, 0.05) is 18.9 Å². The number of aromatic nitrogens is 4. The van der Waals surface area contributed by atoms with Gasteiger partial charge in [-0.25, -0.2) is 4.68 Å². The predicted octanol–water partition coefficient (Wildman–Crippen LogP) is 0.600. The number of rotatable bonds is 2. The predicted molar refractivity (Wildman–Crippen MR) is 54.0 cm³/mol. The monoisotopic (exact) mass is 204 g/mol. The minimum Gasteiger partial charge on any atom is -0.382 e. The van der Waals surface area contributed by atoms with E-state index in [0.29, 0.717) is 5.69 Å². The summed E-state index contributed by atoms with van der Waals surface area (Å²) >= 11 is 0. The molecule has 0 bridgehead atoms. The van der Waals surface area contributed by atoms with Gasteiger partial charge in [0.1, 0.15) is 6.10 Å². The Labute approximate surface area is 87.4 Å². The Morgan fingerprint density at radius 2 is 2.27 bits per heavy atom. The number of aryl methyl sites for hydroxylation is 2. The minimum absolute atomic E-state index is 0.667. The Balaban J connectivity index is 2.36. The van der Waals surface area contributed by atoms with Crippen molar-refractivity contribution in [2.75, 3.05) is 0 Å². The molecule has 0 amide bonds. The zero-order valence-electron chi connectivity index (χ0n) is 8.62. The molecule has 0 aliphatic rings. The summed E-state index contributed by atoms with van der Waals surface area (Å²) in [6.07, 6.45) is 2.53. The summed E-state index contributed by atoms with van der Waals surface area (Å²) in [6, 6.07) is 3.63. The number of aliphatic hydroxyl groups excluding tert-OH is 1. The highest BCUT2D eigenvalue weighted by Crippen LogP contribution is 2.20. The van der Waals surface area contributed by atoms with Crippen LogP contribution in [0.1, 0.15) is 23.1 Å². The average Bonchev–Trinajstić information content (AvgIpc) is 2.63. The van der Waals surface area contributed by atoms with E-state index in [1.165, 1.54) is 0 Å². The zero-order chi connectivity index (χ0) is 10.8. The van der Waals surface area contributed by atoms with Crippen LogP contribution in [0.2, 0.25) is 0 Å². The molecule has 1 unspecified atom stereocenters. The maximum atomic E-state index is 10.1. The lowest BCUT2D eigenvalue weighted by Crippen LogP contribution is -2.06. The SMILES string of the molecule is Cc1cc(C(O)c2cnnn2C)ccn1. The van der Waals surface area contributed by atoms with Crippen molar-refractivity contribution >= 4 is 0 Å². The van der Waals surface area contributed by atoms with E-state index in [0.717, 1.165) is 11.3 Å². The van der Waals surface area contributed by atoms with E-state index < -0.39 is 6.10 Å². The van der Waals surface area contributed by atoms with Crippen LogP contribution in [0.4, 0.5) is 0 Å². The molecule has 2 aromatic rings. The second kappa shape index (κ2) is 3.78. The third kappa shape index (κ3) is 1.87. The fourth-order valence-corrected chi connectivity index (χ4v) is 1.45. The Bertz CT molecular complexity index is 466. The van der Waals surface area contributed by atoms with Crippen molar-refractivity contribution in [1.29, 1.82) is 0 Å². The first kappa shape index (κ1) is 9.79. The third-order valence-electron chi connectivity index (χ3n) is 2.27. The molecule has 0 fully saturated rings. The fourth-order valence-electron chi connectivity index (χ4n) is 1.45. The number of pyridine rings is 1. The second-order valence-electron chi connectivity index (χ2n) is 3.42. The molecular weight excluding hydrogens is 192 g/mol. The van der Waals surface area contributed by atoms with Gasteiger partial charge >= 0.3 is 0 Å². The lowest BCUT2D eigenvalue weighted by Gasteiger charge is -2.10. The van der Waals surface area contributed by atoms with Gasteiger partial charge in [-0.15, -0.1) is 5.10 Å². The molecule has 2 aromatic heterocycles. The Morgan fingerprint density at radius 3 is 2.87 bits per heavy atom. The van der Waals surface area contributed by atoms with E-state index >= 15 is 0 Å². The van der Waals surface area contributed by atoms with E-state index in [9.17, 15) is 5.11 Å². The van der Waals surface area contributed by atoms with Crippen LogP contribution in [0, 0.1) is 6.92 Å². The second-order valence-corrected chi connectivity index (χ2v) is 3.42. The van der Waals surface area contributed by atoms with Gasteiger partial charge in [-0.05, 0) is 24.6 Å². The van der Waals surface area contributed by atoms with E-state index in [1.54, 1.807) is 30.2 Å². The molecule has 5 heteroatoms. The maximum Gasteiger partial charge on any atom is 0.122 e. The summed E-state index contributed by atoms with van der Waals surface area (Å²) in [5, 5.41) is 17.6. The molecule has 0 saturated carbocycles. The zero-order valence-corrected chi connectivity index (χ0v) is 8.62. The van der Waals surface area contributed by atoms with Crippen molar-refractivity contribution in [1.82, 2.24) is 20.0 Å². The van der Waals surface area contributed by atoms with E-state index in [4.69, 9.17) is 0 Å². The molecule has 1 atom stereocenters. The van der Waals surface area contributed by atoms with Crippen molar-refractivity contribution in [2.45, 2.75) is 13.0 Å². The van der Waals surface area contributed by atoms with Gasteiger partial charge in [0.25, 0.3) is 0 Å². The van der Waals surface area contributed by atoms with Crippen molar-refractivity contribution in [3.8, 4) is 0 Å². The van der Waals surface area contributed by atoms with Crippen molar-refractivity contribution < 1.29 is 5.11 Å². The number of nitrogens with zero attached hydrogens (tertiary/aromatic N) is 4. The summed E-state index contributed by atoms with van der Waals surface area (Å²) < 4.78 is 1.56. The molecule has 0 aliphatic heterocycles.